The molecule has 2 saturated carbocycles. The van der Waals surface area contributed by atoms with Gasteiger partial charge in [0.1, 0.15) is 6.04 Å². The molecule has 0 bridgehead atoms. The molecule has 0 aromatic carbocycles. The molecule has 1 N–H and O–H groups in total. The molecule has 0 aromatic heterocycles. The van der Waals surface area contributed by atoms with Crippen molar-refractivity contribution in [1.82, 2.24) is 10.2 Å². The van der Waals surface area contributed by atoms with Gasteiger partial charge in [-0.25, -0.2) is 0 Å². The summed E-state index contributed by atoms with van der Waals surface area (Å²) in [5.74, 6) is 2.00. The molecule has 2 aliphatic carbocycles. The van der Waals surface area contributed by atoms with Gasteiger partial charge in [0.2, 0.25) is 11.8 Å². The molecule has 154 valence electrons. The average molecular weight is 377 g/mol. The molecule has 1 heterocycles. The largest absolute Gasteiger partial charge is 0.344 e. The van der Waals surface area contributed by atoms with E-state index in [1.807, 2.05) is 0 Å². The fourth-order valence-electron chi connectivity index (χ4n) is 5.80. The van der Waals surface area contributed by atoms with Gasteiger partial charge < -0.3 is 10.2 Å². The lowest BCUT2D eigenvalue weighted by molar-refractivity contribution is -0.141. The summed E-state index contributed by atoms with van der Waals surface area (Å²) >= 11 is 0. The van der Waals surface area contributed by atoms with Crippen molar-refractivity contribution >= 4 is 11.8 Å². The van der Waals surface area contributed by atoms with Crippen LogP contribution < -0.4 is 5.32 Å². The Bertz CT molecular complexity index is 547. The van der Waals surface area contributed by atoms with Crippen molar-refractivity contribution in [3.63, 3.8) is 0 Å². The van der Waals surface area contributed by atoms with E-state index in [0.29, 0.717) is 23.8 Å². The van der Waals surface area contributed by atoms with Crippen LogP contribution in [0.4, 0.5) is 0 Å². The zero-order chi connectivity index (χ0) is 19.8. The van der Waals surface area contributed by atoms with Crippen molar-refractivity contribution in [3.8, 4) is 0 Å². The van der Waals surface area contributed by atoms with Gasteiger partial charge in [0.15, 0.2) is 0 Å². The molecule has 1 aliphatic heterocycles. The van der Waals surface area contributed by atoms with Crippen LogP contribution in [-0.4, -0.2) is 35.3 Å². The Balaban J connectivity index is 1.68. The number of hydrogen-bond donors (Lipinski definition) is 1. The second-order valence-electron chi connectivity index (χ2n) is 10.6. The fraction of sp³-hybridized carbons (Fsp3) is 0.913. The van der Waals surface area contributed by atoms with Crippen LogP contribution in [0.2, 0.25) is 0 Å². The molecule has 3 fully saturated rings. The van der Waals surface area contributed by atoms with E-state index in [9.17, 15) is 9.59 Å². The average Bonchev–Trinajstić information content (AvgIpc) is 3.21. The molecule has 3 aliphatic rings. The molecule has 2 amide bonds. The van der Waals surface area contributed by atoms with E-state index in [0.717, 1.165) is 19.4 Å². The van der Waals surface area contributed by atoms with Gasteiger partial charge in [0.25, 0.3) is 0 Å². The summed E-state index contributed by atoms with van der Waals surface area (Å²) in [5, 5.41) is 3.19. The highest BCUT2D eigenvalue weighted by Gasteiger charge is 2.47. The standard InChI is InChI=1S/C23H40N2O2/c1-15(17-10-7-6-8-11-17)21(26)24-20(23(3,4)5)22(27)25-14-18-12-9-13-19(18)16(25)2/h15-20H,6-14H2,1-5H3,(H,24,26). The lowest BCUT2D eigenvalue weighted by Gasteiger charge is -2.37. The fourth-order valence-corrected chi connectivity index (χ4v) is 5.80. The number of nitrogens with zero attached hydrogens (tertiary/aromatic N) is 1. The second-order valence-corrected chi connectivity index (χ2v) is 10.6. The Hall–Kier alpha value is -1.06. The van der Waals surface area contributed by atoms with E-state index >= 15 is 0 Å². The van der Waals surface area contributed by atoms with Crippen LogP contribution in [0.5, 0.6) is 0 Å². The van der Waals surface area contributed by atoms with Crippen molar-refractivity contribution in [2.75, 3.05) is 6.54 Å². The highest BCUT2D eigenvalue weighted by molar-refractivity contribution is 5.89. The maximum absolute atomic E-state index is 13.5. The van der Waals surface area contributed by atoms with E-state index in [-0.39, 0.29) is 23.1 Å². The molecule has 5 unspecified atom stereocenters. The summed E-state index contributed by atoms with van der Waals surface area (Å²) in [7, 11) is 0. The van der Waals surface area contributed by atoms with Crippen LogP contribution in [0.15, 0.2) is 0 Å². The number of carbonyl (C=O) groups excluding carboxylic acids is 2. The van der Waals surface area contributed by atoms with Gasteiger partial charge >= 0.3 is 0 Å². The van der Waals surface area contributed by atoms with Gasteiger partial charge in [-0.2, -0.15) is 0 Å². The first-order valence-corrected chi connectivity index (χ1v) is 11.3. The lowest BCUT2D eigenvalue weighted by Crippen LogP contribution is -2.57. The first kappa shape index (κ1) is 20.7. The van der Waals surface area contributed by atoms with E-state index < -0.39 is 6.04 Å². The van der Waals surface area contributed by atoms with Crippen molar-refractivity contribution in [1.29, 1.82) is 0 Å². The van der Waals surface area contributed by atoms with Crippen LogP contribution in [0.1, 0.15) is 86.0 Å². The summed E-state index contributed by atoms with van der Waals surface area (Å²) in [5.41, 5.74) is -0.281. The predicted octanol–water partition coefficient (Wildman–Crippen LogP) is 4.38. The van der Waals surface area contributed by atoms with E-state index in [1.165, 1.54) is 38.5 Å². The summed E-state index contributed by atoms with van der Waals surface area (Å²) < 4.78 is 0. The van der Waals surface area contributed by atoms with Crippen LogP contribution in [0, 0.1) is 29.1 Å². The highest BCUT2D eigenvalue weighted by atomic mass is 16.2. The van der Waals surface area contributed by atoms with Crippen molar-refractivity contribution in [3.05, 3.63) is 0 Å². The first-order chi connectivity index (χ1) is 12.7. The zero-order valence-electron chi connectivity index (χ0n) is 18.1. The normalized spacial score (nSPS) is 31.4. The topological polar surface area (TPSA) is 49.4 Å². The Morgan fingerprint density at radius 3 is 2.26 bits per heavy atom. The maximum atomic E-state index is 13.5. The molecule has 3 rings (SSSR count). The summed E-state index contributed by atoms with van der Waals surface area (Å²) in [6, 6.07) is -0.125. The minimum Gasteiger partial charge on any atom is -0.344 e. The number of likely N-dealkylation sites (tertiary alicyclic amines) is 1. The first-order valence-electron chi connectivity index (χ1n) is 11.3. The molecule has 27 heavy (non-hydrogen) atoms. The van der Waals surface area contributed by atoms with Gasteiger partial charge in [-0.05, 0) is 55.8 Å². The molecular formula is C23H40N2O2. The molecule has 5 atom stereocenters. The minimum absolute atomic E-state index is 0.00154. The van der Waals surface area contributed by atoms with Crippen molar-refractivity contribution < 1.29 is 9.59 Å². The Morgan fingerprint density at radius 1 is 1.00 bits per heavy atom. The third-order valence-electron chi connectivity index (χ3n) is 7.71. The number of nitrogens with one attached hydrogen (secondary N) is 1. The summed E-state index contributed by atoms with van der Waals surface area (Å²) in [4.78, 5) is 28.6. The van der Waals surface area contributed by atoms with Crippen LogP contribution in [0.25, 0.3) is 0 Å². The zero-order valence-corrected chi connectivity index (χ0v) is 18.1. The molecule has 0 radical (unpaired) electrons. The minimum atomic E-state index is -0.433. The Morgan fingerprint density at radius 2 is 1.67 bits per heavy atom. The van der Waals surface area contributed by atoms with E-state index in [4.69, 9.17) is 0 Å². The van der Waals surface area contributed by atoms with E-state index in [2.05, 4.69) is 44.8 Å². The van der Waals surface area contributed by atoms with E-state index in [1.54, 1.807) is 0 Å². The molecule has 1 saturated heterocycles. The summed E-state index contributed by atoms with van der Waals surface area (Å²) in [6.45, 7) is 11.4. The van der Waals surface area contributed by atoms with Crippen molar-refractivity contribution in [2.45, 2.75) is 98.1 Å². The van der Waals surface area contributed by atoms with Crippen molar-refractivity contribution in [2.24, 2.45) is 29.1 Å². The number of rotatable bonds is 4. The maximum Gasteiger partial charge on any atom is 0.245 e. The molecule has 4 heteroatoms. The SMILES string of the molecule is CC(C(=O)NC(C(=O)N1CC2CCCC2C1C)C(C)(C)C)C1CCCCC1. The number of carbonyl (C=O) groups is 2. The molecule has 0 spiro atoms. The third kappa shape index (κ3) is 4.35. The molecular weight excluding hydrogens is 336 g/mol. The number of fused-ring (bicyclic) bond motifs is 1. The number of hydrogen-bond acceptors (Lipinski definition) is 2. The van der Waals surface area contributed by atoms with Gasteiger partial charge in [-0.1, -0.05) is 53.4 Å². The summed E-state index contributed by atoms with van der Waals surface area (Å²) in [6.07, 6.45) is 9.87. The Kier molecular flexibility index (Phi) is 6.22. The van der Waals surface area contributed by atoms with Gasteiger partial charge in [-0.3, -0.25) is 9.59 Å². The lowest BCUT2D eigenvalue weighted by atomic mass is 9.79. The molecule has 0 aromatic rings. The number of amides is 2. The monoisotopic (exact) mass is 376 g/mol. The van der Waals surface area contributed by atoms with Gasteiger partial charge in [0, 0.05) is 18.5 Å². The van der Waals surface area contributed by atoms with Crippen LogP contribution in [-0.2, 0) is 9.59 Å². The smallest absolute Gasteiger partial charge is 0.245 e. The Labute approximate surface area is 165 Å². The van der Waals surface area contributed by atoms with Gasteiger partial charge in [-0.15, -0.1) is 0 Å². The molecule has 4 nitrogen and oxygen atoms in total. The van der Waals surface area contributed by atoms with Crippen LogP contribution >= 0.6 is 0 Å². The van der Waals surface area contributed by atoms with Gasteiger partial charge in [0.05, 0.1) is 0 Å². The second kappa shape index (κ2) is 8.13. The van der Waals surface area contributed by atoms with Crippen LogP contribution in [0.3, 0.4) is 0 Å². The third-order valence-corrected chi connectivity index (χ3v) is 7.71. The highest BCUT2D eigenvalue weighted by Crippen LogP contribution is 2.42. The predicted molar refractivity (Wildman–Crippen MR) is 109 cm³/mol. The quantitative estimate of drug-likeness (QED) is 0.791.